The minimum atomic E-state index is -1.09. The number of aliphatic carboxylic acids is 1. The molecule has 2 aliphatic heterocycles. The Morgan fingerprint density at radius 2 is 2.00 bits per heavy atom. The first kappa shape index (κ1) is 29.4. The van der Waals surface area contributed by atoms with Gasteiger partial charge in [0.2, 0.25) is 5.91 Å². The largest absolute Gasteiger partial charge is 0.497 e. The van der Waals surface area contributed by atoms with Gasteiger partial charge < -0.3 is 19.5 Å². The van der Waals surface area contributed by atoms with Crippen LogP contribution in [-0.2, 0) is 20.8 Å². The lowest BCUT2D eigenvalue weighted by molar-refractivity contribution is -0.147. The summed E-state index contributed by atoms with van der Waals surface area (Å²) in [5.41, 5.74) is 0.764. The number of methoxy groups -OCH3 is 1. The van der Waals surface area contributed by atoms with E-state index in [1.54, 1.807) is 12.0 Å². The molecular weight excluding hydrogens is 564 g/mol. The Balaban J connectivity index is 1.29. The lowest BCUT2D eigenvalue weighted by Crippen LogP contribution is -2.45. The van der Waals surface area contributed by atoms with Gasteiger partial charge in [0.1, 0.15) is 11.9 Å². The van der Waals surface area contributed by atoms with E-state index in [4.69, 9.17) is 9.47 Å². The van der Waals surface area contributed by atoms with E-state index in [1.807, 2.05) is 54.6 Å². The molecule has 9 heteroatoms. The van der Waals surface area contributed by atoms with Gasteiger partial charge in [0.15, 0.2) is 5.78 Å². The molecule has 3 aromatic rings. The third kappa shape index (κ3) is 6.32. The summed E-state index contributed by atoms with van der Waals surface area (Å²) in [6.45, 7) is 0.267. The highest BCUT2D eigenvalue weighted by atomic mass is 32.1. The van der Waals surface area contributed by atoms with Gasteiger partial charge >= 0.3 is 5.97 Å². The van der Waals surface area contributed by atoms with Gasteiger partial charge in [0, 0.05) is 18.8 Å². The number of fused-ring (bicyclic) bond motifs is 3. The van der Waals surface area contributed by atoms with Crippen LogP contribution in [0.5, 0.6) is 10.9 Å². The van der Waals surface area contributed by atoms with Gasteiger partial charge in [-0.15, -0.1) is 0 Å². The third-order valence-electron chi connectivity index (χ3n) is 9.27. The van der Waals surface area contributed by atoms with Crippen molar-refractivity contribution in [3.8, 4) is 10.9 Å². The lowest BCUT2D eigenvalue weighted by Gasteiger charge is -2.29. The maximum Gasteiger partial charge on any atom is 0.310 e. The first-order valence-electron chi connectivity index (χ1n) is 15.2. The van der Waals surface area contributed by atoms with Crippen LogP contribution in [0.1, 0.15) is 56.9 Å². The predicted octanol–water partition coefficient (Wildman–Crippen LogP) is 6.08. The fourth-order valence-corrected chi connectivity index (χ4v) is 7.62. The molecule has 6 rings (SSSR count). The molecule has 5 atom stereocenters. The molecular formula is C34H38N2O6S. The van der Waals surface area contributed by atoms with Crippen LogP contribution in [0.15, 0.2) is 60.7 Å². The van der Waals surface area contributed by atoms with E-state index in [0.29, 0.717) is 30.9 Å². The van der Waals surface area contributed by atoms with Gasteiger partial charge in [-0.2, -0.15) is 0 Å². The van der Waals surface area contributed by atoms with Crippen LogP contribution in [-0.4, -0.2) is 58.5 Å². The number of aromatic nitrogens is 1. The zero-order valence-electron chi connectivity index (χ0n) is 24.4. The summed E-state index contributed by atoms with van der Waals surface area (Å²) < 4.78 is 12.7. The predicted molar refractivity (Wildman–Crippen MR) is 164 cm³/mol. The van der Waals surface area contributed by atoms with Crippen molar-refractivity contribution in [2.45, 2.75) is 69.9 Å². The SMILES string of the molecule is COc1cccc(C[C@H]2CCCCC/C=C\[C@@H]3C[C@@]3(C(=O)O)CC(=O)[C@@H]3C[C@@H](Oc4nc5ccccc5s4)CN3C2=O)c1. The molecule has 43 heavy (non-hydrogen) atoms. The number of Topliss-reactive ketones (excluding diaryl/α,β-unsaturated/α-hetero) is 1. The van der Waals surface area contributed by atoms with Gasteiger partial charge in [-0.05, 0) is 67.9 Å². The second-order valence-corrected chi connectivity index (χ2v) is 13.2. The molecule has 0 unspecified atom stereocenters. The van der Waals surface area contributed by atoms with E-state index in [-0.39, 0.29) is 36.5 Å². The van der Waals surface area contributed by atoms with Crippen molar-refractivity contribution < 1.29 is 29.0 Å². The van der Waals surface area contributed by atoms with Crippen LogP contribution in [0.3, 0.4) is 0 Å². The first-order chi connectivity index (χ1) is 20.9. The monoisotopic (exact) mass is 602 g/mol. The Kier molecular flexibility index (Phi) is 8.52. The summed E-state index contributed by atoms with van der Waals surface area (Å²) in [5.74, 6) is -0.927. The summed E-state index contributed by atoms with van der Waals surface area (Å²) >= 11 is 1.44. The summed E-state index contributed by atoms with van der Waals surface area (Å²) in [5, 5.41) is 10.7. The molecule has 0 spiro atoms. The second kappa shape index (κ2) is 12.5. The number of carbonyl (C=O) groups is 3. The van der Waals surface area contributed by atoms with Crippen LogP contribution in [0, 0.1) is 17.3 Å². The molecule has 1 saturated heterocycles. The van der Waals surface area contributed by atoms with E-state index < -0.39 is 23.5 Å². The standard InChI is InChI=1S/C34H38N2O6S/c1-41-25-13-9-10-22(17-25)16-23-11-5-3-2-4-6-12-24-19-34(24,32(39)40)20-29(37)28-18-26(21-36(28)31(23)38)42-33-35-27-14-7-8-15-30(27)43-33/h6-10,12-15,17,23-24,26,28H,2-5,11,16,18-21H2,1H3,(H,39,40)/b12-6-/t23-,24-,26-,28+,34-/m1/s1. The lowest BCUT2D eigenvalue weighted by atomic mass is 9.90. The smallest absolute Gasteiger partial charge is 0.310 e. The maximum atomic E-state index is 14.4. The molecule has 0 radical (unpaired) electrons. The highest BCUT2D eigenvalue weighted by molar-refractivity contribution is 7.20. The number of carboxylic acid groups (broad SMARTS) is 1. The van der Waals surface area contributed by atoms with E-state index in [0.717, 1.165) is 47.2 Å². The highest BCUT2D eigenvalue weighted by Gasteiger charge is 2.61. The van der Waals surface area contributed by atoms with Gasteiger partial charge in [0.05, 0.1) is 35.3 Å². The summed E-state index contributed by atoms with van der Waals surface area (Å²) in [6.07, 6.45) is 9.32. The Labute approximate surface area is 255 Å². The van der Waals surface area contributed by atoms with Crippen LogP contribution in [0.2, 0.25) is 0 Å². The molecule has 226 valence electrons. The number of hydrogen-bond donors (Lipinski definition) is 1. The Morgan fingerprint density at radius 3 is 2.81 bits per heavy atom. The number of hydrogen-bond acceptors (Lipinski definition) is 7. The van der Waals surface area contributed by atoms with Gasteiger partial charge in [0.25, 0.3) is 5.19 Å². The Morgan fingerprint density at radius 1 is 1.14 bits per heavy atom. The number of carboxylic acids is 1. The van der Waals surface area contributed by atoms with Gasteiger partial charge in [-0.25, -0.2) is 4.98 Å². The van der Waals surface area contributed by atoms with E-state index in [9.17, 15) is 19.5 Å². The number of ketones is 1. The maximum absolute atomic E-state index is 14.4. The van der Waals surface area contributed by atoms with Crippen LogP contribution in [0.25, 0.3) is 10.2 Å². The fraction of sp³-hybridized carbons (Fsp3) is 0.471. The Hall–Kier alpha value is -3.72. The molecule has 3 aliphatic rings. The zero-order valence-corrected chi connectivity index (χ0v) is 25.3. The minimum absolute atomic E-state index is 0.0683. The number of nitrogens with zero attached hydrogens (tertiary/aromatic N) is 2. The molecule has 2 fully saturated rings. The number of carbonyl (C=O) groups excluding carboxylic acids is 2. The van der Waals surface area contributed by atoms with Crippen molar-refractivity contribution in [3.05, 3.63) is 66.2 Å². The summed E-state index contributed by atoms with van der Waals surface area (Å²) in [7, 11) is 1.63. The van der Waals surface area contributed by atoms with Gasteiger partial charge in [-0.3, -0.25) is 14.4 Å². The van der Waals surface area contributed by atoms with Crippen LogP contribution < -0.4 is 9.47 Å². The van der Waals surface area contributed by atoms with Crippen LogP contribution >= 0.6 is 11.3 Å². The molecule has 2 aromatic carbocycles. The number of allylic oxidation sites excluding steroid dienone is 2. The number of benzene rings is 2. The molecule has 1 aliphatic carbocycles. The minimum Gasteiger partial charge on any atom is -0.497 e. The fourth-order valence-electron chi connectivity index (χ4n) is 6.74. The van der Waals surface area contributed by atoms with Crippen molar-refractivity contribution in [2.24, 2.45) is 17.3 Å². The average molecular weight is 603 g/mol. The third-order valence-corrected chi connectivity index (χ3v) is 10.2. The summed E-state index contributed by atoms with van der Waals surface area (Å²) in [6, 6.07) is 14.9. The molecule has 0 bridgehead atoms. The number of thiazole rings is 1. The number of ether oxygens (including phenoxy) is 2. The Bertz CT molecular complexity index is 1500. The van der Waals surface area contributed by atoms with Gasteiger partial charge in [-0.1, -0.05) is 60.6 Å². The second-order valence-electron chi connectivity index (χ2n) is 12.2. The van der Waals surface area contributed by atoms with E-state index >= 15 is 0 Å². The van der Waals surface area contributed by atoms with E-state index in [2.05, 4.69) is 11.1 Å². The van der Waals surface area contributed by atoms with Crippen molar-refractivity contribution in [2.75, 3.05) is 13.7 Å². The van der Waals surface area contributed by atoms with Crippen molar-refractivity contribution in [1.82, 2.24) is 9.88 Å². The first-order valence-corrected chi connectivity index (χ1v) is 16.1. The number of para-hydroxylation sites is 1. The normalized spacial score (nSPS) is 28.8. The zero-order chi connectivity index (χ0) is 30.0. The molecule has 1 aromatic heterocycles. The quantitative estimate of drug-likeness (QED) is 0.341. The molecule has 8 nitrogen and oxygen atoms in total. The van der Waals surface area contributed by atoms with Crippen LogP contribution in [0.4, 0.5) is 0 Å². The topological polar surface area (TPSA) is 106 Å². The molecule has 1 N–H and O–H groups in total. The number of rotatable bonds is 6. The molecule has 1 saturated carbocycles. The molecule has 3 heterocycles. The van der Waals surface area contributed by atoms with Crippen molar-refractivity contribution in [3.63, 3.8) is 0 Å². The van der Waals surface area contributed by atoms with Crippen molar-refractivity contribution >= 4 is 39.2 Å². The van der Waals surface area contributed by atoms with Crippen molar-refractivity contribution in [1.29, 1.82) is 0 Å². The molecule has 1 amide bonds. The highest BCUT2D eigenvalue weighted by Crippen LogP contribution is 2.57. The average Bonchev–Trinajstić information content (AvgIpc) is 3.32. The number of amides is 1. The summed E-state index contributed by atoms with van der Waals surface area (Å²) in [4.78, 5) is 47.0. The van der Waals surface area contributed by atoms with E-state index in [1.165, 1.54) is 11.3 Å².